The van der Waals surface area contributed by atoms with Gasteiger partial charge in [-0.05, 0) is 43.5 Å². The highest BCUT2D eigenvalue weighted by atomic mass is 35.5. The van der Waals surface area contributed by atoms with Gasteiger partial charge in [-0.2, -0.15) is 0 Å². The van der Waals surface area contributed by atoms with Crippen LogP contribution in [0.25, 0.3) is 11.0 Å². The summed E-state index contributed by atoms with van der Waals surface area (Å²) in [5.74, 6) is 0. The number of H-pyrrole nitrogens is 1. The normalized spacial score (nSPS) is 22.9. The first-order chi connectivity index (χ1) is 14.5. The minimum absolute atomic E-state index is 0.0575. The van der Waals surface area contributed by atoms with Gasteiger partial charge in [-0.3, -0.25) is 9.47 Å². The van der Waals surface area contributed by atoms with Crippen molar-refractivity contribution in [1.82, 2.24) is 14.5 Å². The van der Waals surface area contributed by atoms with Gasteiger partial charge in [0.25, 0.3) is 0 Å². The summed E-state index contributed by atoms with van der Waals surface area (Å²) in [6.07, 6.45) is 2.67. The van der Waals surface area contributed by atoms with E-state index in [-0.39, 0.29) is 17.3 Å². The van der Waals surface area contributed by atoms with Crippen molar-refractivity contribution in [2.24, 2.45) is 5.16 Å². The second-order valence-corrected chi connectivity index (χ2v) is 8.93. The smallest absolute Gasteiger partial charge is 0.326 e. The first-order valence-electron chi connectivity index (χ1n) is 10.4. The van der Waals surface area contributed by atoms with E-state index < -0.39 is 0 Å². The largest absolute Gasteiger partial charge is 0.384 e. The average molecular weight is 425 g/mol. The van der Waals surface area contributed by atoms with E-state index in [1.165, 1.54) is 0 Å². The second kappa shape index (κ2) is 7.60. The minimum atomic E-state index is -0.381. The van der Waals surface area contributed by atoms with Crippen LogP contribution in [0.4, 0.5) is 0 Å². The third-order valence-corrected chi connectivity index (χ3v) is 6.54. The van der Waals surface area contributed by atoms with Gasteiger partial charge < -0.3 is 9.82 Å². The Morgan fingerprint density at radius 1 is 1.20 bits per heavy atom. The average Bonchev–Trinajstić information content (AvgIpc) is 3.29. The van der Waals surface area contributed by atoms with Crippen LogP contribution < -0.4 is 5.69 Å². The molecule has 0 aliphatic carbocycles. The molecule has 0 bridgehead atoms. The maximum Gasteiger partial charge on any atom is 0.326 e. The zero-order chi connectivity index (χ0) is 20.7. The molecule has 0 radical (unpaired) electrons. The summed E-state index contributed by atoms with van der Waals surface area (Å²) in [6.45, 7) is 4.77. The number of nitrogens with zero attached hydrogens (tertiary/aromatic N) is 3. The van der Waals surface area contributed by atoms with Gasteiger partial charge in [0.1, 0.15) is 0 Å². The Bertz CT molecular complexity index is 1140. The molecule has 1 fully saturated rings. The van der Waals surface area contributed by atoms with Crippen LogP contribution in [-0.2, 0) is 10.4 Å². The fourth-order valence-corrected chi connectivity index (χ4v) is 4.88. The quantitative estimate of drug-likeness (QED) is 0.678. The van der Waals surface area contributed by atoms with Crippen LogP contribution >= 0.6 is 11.6 Å². The Balaban J connectivity index is 1.22. The molecule has 3 heterocycles. The third kappa shape index (κ3) is 3.55. The summed E-state index contributed by atoms with van der Waals surface area (Å²) < 4.78 is 1.89. The molecule has 156 valence electrons. The van der Waals surface area contributed by atoms with Gasteiger partial charge in [0.15, 0.2) is 5.60 Å². The van der Waals surface area contributed by atoms with Crippen LogP contribution in [0.15, 0.2) is 58.5 Å². The van der Waals surface area contributed by atoms with E-state index in [4.69, 9.17) is 16.4 Å². The molecule has 3 aromatic rings. The predicted molar refractivity (Wildman–Crippen MR) is 119 cm³/mol. The molecule has 7 heteroatoms. The molecule has 1 aromatic heterocycles. The van der Waals surface area contributed by atoms with Gasteiger partial charge in [0.2, 0.25) is 0 Å². The van der Waals surface area contributed by atoms with Crippen molar-refractivity contribution in [3.8, 4) is 0 Å². The highest BCUT2D eigenvalue weighted by Gasteiger charge is 2.36. The van der Waals surface area contributed by atoms with Crippen molar-refractivity contribution in [3.63, 3.8) is 0 Å². The number of aromatic nitrogens is 2. The Labute approximate surface area is 180 Å². The van der Waals surface area contributed by atoms with Crippen molar-refractivity contribution < 1.29 is 4.84 Å². The fourth-order valence-electron chi connectivity index (χ4n) is 4.71. The van der Waals surface area contributed by atoms with E-state index in [1.807, 2.05) is 41.0 Å². The lowest BCUT2D eigenvalue weighted by molar-refractivity contribution is -0.00738. The number of aromatic amines is 1. The molecule has 5 rings (SSSR count). The number of oxime groups is 1. The van der Waals surface area contributed by atoms with Crippen LogP contribution in [0.1, 0.15) is 37.8 Å². The van der Waals surface area contributed by atoms with Crippen molar-refractivity contribution in [1.29, 1.82) is 0 Å². The Morgan fingerprint density at radius 2 is 1.97 bits per heavy atom. The molecule has 2 aliphatic heterocycles. The van der Waals surface area contributed by atoms with Gasteiger partial charge in [-0.25, -0.2) is 4.79 Å². The monoisotopic (exact) mass is 424 g/mol. The number of likely N-dealkylation sites (tertiary alicyclic amines) is 1. The van der Waals surface area contributed by atoms with E-state index in [0.717, 1.165) is 61.2 Å². The number of piperidine rings is 1. The Hall–Kier alpha value is -2.57. The SMILES string of the molecule is CC1(c2ccccc2)CC(CN2CCC(n3c(=O)[nH]c4cc(Cl)ccc43)CC2)=NO1. The number of rotatable bonds is 4. The van der Waals surface area contributed by atoms with Crippen LogP contribution in [-0.4, -0.2) is 39.8 Å². The molecule has 2 aliphatic rings. The molecular formula is C23H25ClN4O2. The maximum absolute atomic E-state index is 12.5. The molecule has 0 amide bonds. The van der Waals surface area contributed by atoms with Crippen molar-refractivity contribution in [2.45, 2.75) is 37.8 Å². The number of nitrogens with one attached hydrogen (secondary N) is 1. The summed E-state index contributed by atoms with van der Waals surface area (Å²) >= 11 is 6.07. The van der Waals surface area contributed by atoms with Crippen LogP contribution in [0.3, 0.4) is 0 Å². The molecule has 1 unspecified atom stereocenters. The third-order valence-electron chi connectivity index (χ3n) is 6.31. The van der Waals surface area contributed by atoms with E-state index in [2.05, 4.69) is 34.1 Å². The summed E-state index contributed by atoms with van der Waals surface area (Å²) in [4.78, 5) is 23.7. The number of hydrogen-bond acceptors (Lipinski definition) is 4. The van der Waals surface area contributed by atoms with Crippen LogP contribution in [0.5, 0.6) is 0 Å². The van der Waals surface area contributed by atoms with Gasteiger partial charge in [0.05, 0.1) is 16.7 Å². The molecule has 6 nitrogen and oxygen atoms in total. The fraction of sp³-hybridized carbons (Fsp3) is 0.391. The van der Waals surface area contributed by atoms with Gasteiger partial charge in [-0.15, -0.1) is 0 Å². The van der Waals surface area contributed by atoms with Crippen LogP contribution in [0.2, 0.25) is 5.02 Å². The first kappa shape index (κ1) is 19.4. The summed E-state index contributed by atoms with van der Waals surface area (Å²) in [6, 6.07) is 16.0. The minimum Gasteiger partial charge on any atom is -0.384 e. The maximum atomic E-state index is 12.5. The molecule has 0 spiro atoms. The van der Waals surface area contributed by atoms with E-state index in [0.29, 0.717) is 5.02 Å². The number of imidazole rings is 1. The van der Waals surface area contributed by atoms with Gasteiger partial charge in [0, 0.05) is 37.1 Å². The Kier molecular flexibility index (Phi) is 4.91. The standard InChI is InChI=1S/C23H25ClN4O2/c1-23(16-5-3-2-4-6-16)14-18(26-30-23)15-27-11-9-19(10-12-27)28-21-8-7-17(24)13-20(21)25-22(28)29/h2-8,13,19H,9-12,14-15H2,1H3,(H,25,29). The van der Waals surface area contributed by atoms with E-state index in [9.17, 15) is 4.79 Å². The topological polar surface area (TPSA) is 62.6 Å². The van der Waals surface area contributed by atoms with Crippen molar-refractivity contribution >= 4 is 28.3 Å². The highest BCUT2D eigenvalue weighted by molar-refractivity contribution is 6.31. The van der Waals surface area contributed by atoms with Crippen molar-refractivity contribution in [3.05, 3.63) is 69.6 Å². The lowest BCUT2D eigenvalue weighted by atomic mass is 9.91. The summed E-state index contributed by atoms with van der Waals surface area (Å²) in [7, 11) is 0. The van der Waals surface area contributed by atoms with Crippen LogP contribution in [0, 0.1) is 0 Å². The summed E-state index contributed by atoms with van der Waals surface area (Å²) in [5.41, 5.74) is 3.52. The lowest BCUT2D eigenvalue weighted by Gasteiger charge is -2.32. The molecule has 30 heavy (non-hydrogen) atoms. The van der Waals surface area contributed by atoms with Gasteiger partial charge in [-0.1, -0.05) is 47.1 Å². The van der Waals surface area contributed by atoms with E-state index in [1.54, 1.807) is 0 Å². The number of hydrogen-bond donors (Lipinski definition) is 1. The first-order valence-corrected chi connectivity index (χ1v) is 10.8. The van der Waals surface area contributed by atoms with E-state index >= 15 is 0 Å². The number of halogens is 1. The highest BCUT2D eigenvalue weighted by Crippen LogP contribution is 2.35. The molecule has 1 atom stereocenters. The number of fused-ring (bicyclic) bond motifs is 1. The molecule has 0 saturated carbocycles. The predicted octanol–water partition coefficient (Wildman–Crippen LogP) is 4.31. The van der Waals surface area contributed by atoms with Crippen molar-refractivity contribution in [2.75, 3.05) is 19.6 Å². The lowest BCUT2D eigenvalue weighted by Crippen LogP contribution is -2.39. The Morgan fingerprint density at radius 3 is 2.73 bits per heavy atom. The zero-order valence-corrected chi connectivity index (χ0v) is 17.7. The summed E-state index contributed by atoms with van der Waals surface area (Å²) in [5, 5.41) is 5.03. The van der Waals surface area contributed by atoms with Gasteiger partial charge >= 0.3 is 5.69 Å². The molecule has 2 aromatic carbocycles. The molecule has 1 N–H and O–H groups in total. The molecule has 1 saturated heterocycles. The second-order valence-electron chi connectivity index (χ2n) is 8.49. The zero-order valence-electron chi connectivity index (χ0n) is 17.0. The molecular weight excluding hydrogens is 400 g/mol. The number of benzene rings is 2.